The van der Waals surface area contributed by atoms with Crippen molar-refractivity contribution in [1.29, 1.82) is 5.41 Å². The highest BCUT2D eigenvalue weighted by Gasteiger charge is 2.18. The van der Waals surface area contributed by atoms with E-state index in [0.29, 0.717) is 10.8 Å². The minimum Gasteiger partial charge on any atom is -0.384 e. The molecule has 6 heteroatoms. The molecule has 1 aliphatic heterocycles. The lowest BCUT2D eigenvalue weighted by Crippen LogP contribution is -2.19. The first-order chi connectivity index (χ1) is 7.77. The second-order valence-corrected chi connectivity index (χ2v) is 4.88. The molecular formula is C10H14N4OS. The van der Waals surface area contributed by atoms with Crippen molar-refractivity contribution in [3.8, 4) is 0 Å². The van der Waals surface area contributed by atoms with Gasteiger partial charge in [-0.05, 0) is 18.9 Å². The van der Waals surface area contributed by atoms with Gasteiger partial charge in [0.2, 0.25) is 0 Å². The molecule has 86 valence electrons. The van der Waals surface area contributed by atoms with Crippen molar-refractivity contribution in [2.75, 3.05) is 13.2 Å². The fourth-order valence-corrected chi connectivity index (χ4v) is 2.71. The second-order valence-electron chi connectivity index (χ2n) is 3.59. The summed E-state index contributed by atoms with van der Waals surface area (Å²) in [5, 5.41) is 16.6. The monoisotopic (exact) mass is 238 g/mol. The average molecular weight is 238 g/mol. The topological polar surface area (TPSA) is 84.9 Å². The molecule has 0 atom stereocenters. The Morgan fingerprint density at radius 3 is 2.94 bits per heavy atom. The summed E-state index contributed by atoms with van der Waals surface area (Å²) in [6.07, 6.45) is 3.59. The number of hydrogen-bond acceptors (Lipinski definition) is 5. The van der Waals surface area contributed by atoms with E-state index >= 15 is 0 Å². The molecule has 0 radical (unpaired) electrons. The van der Waals surface area contributed by atoms with Gasteiger partial charge in [-0.2, -0.15) is 5.10 Å². The molecule has 0 saturated carbocycles. The average Bonchev–Trinajstić information content (AvgIpc) is 2.31. The van der Waals surface area contributed by atoms with E-state index in [2.05, 4.69) is 10.2 Å². The summed E-state index contributed by atoms with van der Waals surface area (Å²) in [5.41, 5.74) is 6.17. The molecule has 1 fully saturated rings. The third-order valence-electron chi connectivity index (χ3n) is 2.42. The van der Waals surface area contributed by atoms with E-state index in [-0.39, 0.29) is 5.84 Å². The Labute approximate surface area is 98.3 Å². The number of nitrogens with zero attached hydrogens (tertiary/aromatic N) is 2. The molecule has 16 heavy (non-hydrogen) atoms. The Bertz CT molecular complexity index is 379. The molecule has 3 N–H and O–H groups in total. The highest BCUT2D eigenvalue weighted by Crippen LogP contribution is 2.29. The van der Waals surface area contributed by atoms with Crippen molar-refractivity contribution in [3.05, 3.63) is 17.8 Å². The third-order valence-corrected chi connectivity index (χ3v) is 3.75. The van der Waals surface area contributed by atoms with Gasteiger partial charge in [-0.25, -0.2) is 0 Å². The van der Waals surface area contributed by atoms with Crippen LogP contribution in [0.1, 0.15) is 18.4 Å². The van der Waals surface area contributed by atoms with Gasteiger partial charge in [-0.3, -0.25) is 5.41 Å². The van der Waals surface area contributed by atoms with Gasteiger partial charge in [0.1, 0.15) is 10.9 Å². The molecule has 2 heterocycles. The van der Waals surface area contributed by atoms with Gasteiger partial charge in [0.25, 0.3) is 0 Å². The quantitative estimate of drug-likeness (QED) is 0.607. The summed E-state index contributed by atoms with van der Waals surface area (Å²) in [6, 6.07) is 1.73. The number of ether oxygens (including phenoxy) is 1. The van der Waals surface area contributed by atoms with Gasteiger partial charge in [-0.1, -0.05) is 0 Å². The number of nitrogens with one attached hydrogen (secondary N) is 1. The molecule has 0 amide bonds. The number of aromatic nitrogens is 2. The molecule has 1 aromatic rings. The summed E-state index contributed by atoms with van der Waals surface area (Å²) in [7, 11) is 0. The standard InChI is InChI=1S/C10H14N4OS/c11-9(12)8-1-4-13-14-10(8)16-7-2-5-15-6-3-7/h1,4,7H,2-3,5-6H2,(H3,11,12). The normalized spacial score (nSPS) is 17.2. The zero-order chi connectivity index (χ0) is 11.4. The fraction of sp³-hybridized carbons (Fsp3) is 0.500. The van der Waals surface area contributed by atoms with Gasteiger partial charge in [0, 0.05) is 18.5 Å². The van der Waals surface area contributed by atoms with E-state index in [1.807, 2.05) is 0 Å². The summed E-state index contributed by atoms with van der Waals surface area (Å²) in [4.78, 5) is 0. The van der Waals surface area contributed by atoms with Crippen LogP contribution in [0.5, 0.6) is 0 Å². The van der Waals surface area contributed by atoms with Crippen molar-refractivity contribution in [1.82, 2.24) is 10.2 Å². The predicted molar refractivity (Wildman–Crippen MR) is 62.7 cm³/mol. The molecule has 1 aliphatic rings. The first kappa shape index (κ1) is 11.3. The van der Waals surface area contributed by atoms with Crippen molar-refractivity contribution >= 4 is 17.6 Å². The van der Waals surface area contributed by atoms with Crippen LogP contribution in [0.25, 0.3) is 0 Å². The molecule has 0 aromatic carbocycles. The van der Waals surface area contributed by atoms with E-state index in [9.17, 15) is 0 Å². The lowest BCUT2D eigenvalue weighted by Gasteiger charge is -2.21. The van der Waals surface area contributed by atoms with Crippen LogP contribution in [0.3, 0.4) is 0 Å². The maximum absolute atomic E-state index is 7.47. The van der Waals surface area contributed by atoms with Gasteiger partial charge in [0.05, 0.1) is 11.8 Å². The summed E-state index contributed by atoms with van der Waals surface area (Å²) in [6.45, 7) is 1.60. The minimum absolute atomic E-state index is 0.0458. The van der Waals surface area contributed by atoms with Gasteiger partial charge in [-0.15, -0.1) is 16.9 Å². The fourth-order valence-electron chi connectivity index (χ4n) is 1.56. The molecule has 0 bridgehead atoms. The van der Waals surface area contributed by atoms with Gasteiger partial charge >= 0.3 is 0 Å². The molecule has 1 aromatic heterocycles. The van der Waals surface area contributed by atoms with Crippen LogP contribution >= 0.6 is 11.8 Å². The van der Waals surface area contributed by atoms with E-state index in [1.54, 1.807) is 24.0 Å². The molecule has 0 aliphatic carbocycles. The Morgan fingerprint density at radius 2 is 2.25 bits per heavy atom. The number of hydrogen-bond donors (Lipinski definition) is 2. The third kappa shape index (κ3) is 2.70. The molecule has 5 nitrogen and oxygen atoms in total. The molecule has 0 spiro atoms. The lowest BCUT2D eigenvalue weighted by molar-refractivity contribution is 0.1000. The molecule has 0 unspecified atom stereocenters. The van der Waals surface area contributed by atoms with E-state index in [4.69, 9.17) is 15.9 Å². The zero-order valence-electron chi connectivity index (χ0n) is 8.85. The number of rotatable bonds is 3. The predicted octanol–water partition coefficient (Wildman–Crippen LogP) is 1.03. The van der Waals surface area contributed by atoms with E-state index < -0.39 is 0 Å². The minimum atomic E-state index is 0.0458. The van der Waals surface area contributed by atoms with Crippen molar-refractivity contribution in [3.63, 3.8) is 0 Å². The van der Waals surface area contributed by atoms with Crippen molar-refractivity contribution < 1.29 is 4.74 Å². The van der Waals surface area contributed by atoms with Crippen LogP contribution in [0.2, 0.25) is 0 Å². The molecule has 1 saturated heterocycles. The maximum atomic E-state index is 7.47. The summed E-state index contributed by atoms with van der Waals surface area (Å²) in [5.74, 6) is 0.0458. The highest BCUT2D eigenvalue weighted by molar-refractivity contribution is 7.99. The Hall–Kier alpha value is -1.14. The van der Waals surface area contributed by atoms with Crippen molar-refractivity contribution in [2.24, 2.45) is 5.73 Å². The smallest absolute Gasteiger partial charge is 0.130 e. The SMILES string of the molecule is N=C(N)c1ccnnc1SC1CCOCC1. The number of nitrogens with two attached hydrogens (primary N) is 1. The first-order valence-corrected chi connectivity index (χ1v) is 6.06. The Balaban J connectivity index is 2.10. The Kier molecular flexibility index (Phi) is 3.74. The number of nitrogen functional groups attached to an aromatic ring is 1. The molecule has 2 rings (SSSR count). The first-order valence-electron chi connectivity index (χ1n) is 5.18. The summed E-state index contributed by atoms with van der Waals surface area (Å²) < 4.78 is 5.30. The molecular weight excluding hydrogens is 224 g/mol. The van der Waals surface area contributed by atoms with Gasteiger partial charge < -0.3 is 10.5 Å². The van der Waals surface area contributed by atoms with Crippen LogP contribution < -0.4 is 5.73 Å². The largest absolute Gasteiger partial charge is 0.384 e. The van der Waals surface area contributed by atoms with Crippen LogP contribution in [0.15, 0.2) is 17.3 Å². The van der Waals surface area contributed by atoms with Crippen LogP contribution in [0, 0.1) is 5.41 Å². The highest BCUT2D eigenvalue weighted by atomic mass is 32.2. The van der Waals surface area contributed by atoms with Crippen LogP contribution in [-0.4, -0.2) is 34.5 Å². The van der Waals surface area contributed by atoms with Crippen molar-refractivity contribution in [2.45, 2.75) is 23.1 Å². The maximum Gasteiger partial charge on any atom is 0.130 e. The lowest BCUT2D eigenvalue weighted by atomic mass is 10.2. The van der Waals surface area contributed by atoms with Crippen LogP contribution in [0.4, 0.5) is 0 Å². The van der Waals surface area contributed by atoms with E-state index in [1.165, 1.54) is 0 Å². The number of amidine groups is 1. The van der Waals surface area contributed by atoms with E-state index in [0.717, 1.165) is 31.1 Å². The second kappa shape index (κ2) is 5.27. The Morgan fingerprint density at radius 1 is 1.50 bits per heavy atom. The van der Waals surface area contributed by atoms with Gasteiger partial charge in [0.15, 0.2) is 0 Å². The number of thioether (sulfide) groups is 1. The zero-order valence-corrected chi connectivity index (χ0v) is 9.67. The summed E-state index contributed by atoms with van der Waals surface area (Å²) >= 11 is 1.65. The van der Waals surface area contributed by atoms with Crippen LogP contribution in [-0.2, 0) is 4.74 Å².